The third-order valence-electron chi connectivity index (χ3n) is 3.15. The SMILES string of the molecule is CC1(C)CCCC(CC(O)C(=O)O)C1. The third-order valence-corrected chi connectivity index (χ3v) is 3.15. The molecule has 0 aromatic heterocycles. The average Bonchev–Trinajstić information content (AvgIpc) is 2.01. The fourth-order valence-corrected chi connectivity index (χ4v) is 2.47. The maximum absolute atomic E-state index is 10.5. The van der Waals surface area contributed by atoms with Crippen molar-refractivity contribution in [3.8, 4) is 0 Å². The molecule has 1 rings (SSSR count). The van der Waals surface area contributed by atoms with Crippen molar-refractivity contribution in [3.05, 3.63) is 0 Å². The van der Waals surface area contributed by atoms with Crippen molar-refractivity contribution in [2.24, 2.45) is 11.3 Å². The number of carboxylic acids is 1. The van der Waals surface area contributed by atoms with E-state index < -0.39 is 12.1 Å². The van der Waals surface area contributed by atoms with Crippen LogP contribution < -0.4 is 0 Å². The molecule has 1 aliphatic carbocycles. The number of carbonyl (C=O) groups is 1. The van der Waals surface area contributed by atoms with E-state index in [1.165, 1.54) is 6.42 Å². The topological polar surface area (TPSA) is 57.5 Å². The number of hydrogen-bond acceptors (Lipinski definition) is 2. The highest BCUT2D eigenvalue weighted by Crippen LogP contribution is 2.40. The molecule has 0 amide bonds. The fourth-order valence-electron chi connectivity index (χ4n) is 2.47. The number of aliphatic hydroxyl groups is 1. The molecule has 0 aromatic rings. The van der Waals surface area contributed by atoms with E-state index in [2.05, 4.69) is 13.8 Å². The Kier molecular flexibility index (Phi) is 3.53. The van der Waals surface area contributed by atoms with E-state index in [1.807, 2.05) is 0 Å². The lowest BCUT2D eigenvalue weighted by molar-refractivity contribution is -0.147. The van der Waals surface area contributed by atoms with E-state index in [4.69, 9.17) is 5.11 Å². The van der Waals surface area contributed by atoms with Crippen molar-refractivity contribution in [2.75, 3.05) is 0 Å². The molecule has 1 fully saturated rings. The molecule has 0 radical (unpaired) electrons. The number of aliphatic hydroxyl groups excluding tert-OH is 1. The van der Waals surface area contributed by atoms with E-state index >= 15 is 0 Å². The van der Waals surface area contributed by atoms with Gasteiger partial charge in [0.25, 0.3) is 0 Å². The molecule has 2 unspecified atom stereocenters. The highest BCUT2D eigenvalue weighted by Gasteiger charge is 2.30. The van der Waals surface area contributed by atoms with Crippen molar-refractivity contribution in [3.63, 3.8) is 0 Å². The summed E-state index contributed by atoms with van der Waals surface area (Å²) in [7, 11) is 0. The van der Waals surface area contributed by atoms with E-state index in [9.17, 15) is 9.90 Å². The molecule has 0 bridgehead atoms. The van der Waals surface area contributed by atoms with Crippen LogP contribution >= 0.6 is 0 Å². The van der Waals surface area contributed by atoms with Crippen LogP contribution in [0.25, 0.3) is 0 Å². The Labute approximate surface area is 85.1 Å². The van der Waals surface area contributed by atoms with E-state index in [0.717, 1.165) is 19.3 Å². The quantitative estimate of drug-likeness (QED) is 0.733. The minimum atomic E-state index is -1.17. The molecule has 0 aromatic carbocycles. The maximum atomic E-state index is 10.5. The molecule has 1 saturated carbocycles. The van der Waals surface area contributed by atoms with Crippen LogP contribution in [0.1, 0.15) is 46.0 Å². The standard InChI is InChI=1S/C11H20O3/c1-11(2)5-3-4-8(7-11)6-9(12)10(13)14/h8-9,12H,3-7H2,1-2H3,(H,13,14). The zero-order chi connectivity index (χ0) is 10.8. The first-order valence-electron chi connectivity index (χ1n) is 5.31. The van der Waals surface area contributed by atoms with Crippen molar-refractivity contribution in [1.82, 2.24) is 0 Å². The normalized spacial score (nSPS) is 28.4. The van der Waals surface area contributed by atoms with E-state index in [-0.39, 0.29) is 0 Å². The van der Waals surface area contributed by atoms with Gasteiger partial charge in [-0.3, -0.25) is 0 Å². The Bertz CT molecular complexity index is 211. The fraction of sp³-hybridized carbons (Fsp3) is 0.909. The van der Waals surface area contributed by atoms with E-state index in [0.29, 0.717) is 17.8 Å². The molecule has 82 valence electrons. The first-order chi connectivity index (χ1) is 6.41. The van der Waals surface area contributed by atoms with Gasteiger partial charge in [-0.1, -0.05) is 26.7 Å². The van der Waals surface area contributed by atoms with Crippen molar-refractivity contribution in [1.29, 1.82) is 0 Å². The molecular formula is C11H20O3. The van der Waals surface area contributed by atoms with Crippen LogP contribution in [0.5, 0.6) is 0 Å². The Balaban J connectivity index is 2.42. The molecule has 2 atom stereocenters. The zero-order valence-electron chi connectivity index (χ0n) is 8.99. The second-order valence-electron chi connectivity index (χ2n) is 5.22. The monoisotopic (exact) mass is 200 g/mol. The predicted octanol–water partition coefficient (Wildman–Crippen LogP) is 2.04. The summed E-state index contributed by atoms with van der Waals surface area (Å²) in [6.45, 7) is 4.43. The van der Waals surface area contributed by atoms with Gasteiger partial charge < -0.3 is 10.2 Å². The van der Waals surface area contributed by atoms with Gasteiger partial charge in [-0.15, -0.1) is 0 Å². The second kappa shape index (κ2) is 4.30. The summed E-state index contributed by atoms with van der Waals surface area (Å²) < 4.78 is 0. The molecule has 3 nitrogen and oxygen atoms in total. The lowest BCUT2D eigenvalue weighted by atomic mass is 9.71. The third kappa shape index (κ3) is 3.29. The van der Waals surface area contributed by atoms with Gasteiger partial charge in [0, 0.05) is 0 Å². The highest BCUT2D eigenvalue weighted by atomic mass is 16.4. The summed E-state index contributed by atoms with van der Waals surface area (Å²) in [5.74, 6) is -0.710. The number of hydrogen-bond donors (Lipinski definition) is 2. The van der Waals surface area contributed by atoms with Crippen LogP contribution in [0.15, 0.2) is 0 Å². The van der Waals surface area contributed by atoms with Gasteiger partial charge in [0.05, 0.1) is 0 Å². The largest absolute Gasteiger partial charge is 0.479 e. The van der Waals surface area contributed by atoms with Gasteiger partial charge in [0.1, 0.15) is 0 Å². The number of carboxylic acid groups (broad SMARTS) is 1. The Hall–Kier alpha value is -0.570. The molecule has 1 aliphatic rings. The molecule has 0 aliphatic heterocycles. The Morgan fingerprint density at radius 2 is 2.21 bits per heavy atom. The van der Waals surface area contributed by atoms with Crippen LogP contribution in [0.3, 0.4) is 0 Å². The molecule has 0 spiro atoms. The summed E-state index contributed by atoms with van der Waals surface area (Å²) in [5.41, 5.74) is 0.321. The molecule has 14 heavy (non-hydrogen) atoms. The average molecular weight is 200 g/mol. The van der Waals surface area contributed by atoms with Gasteiger partial charge in [-0.25, -0.2) is 4.79 Å². The summed E-state index contributed by atoms with van der Waals surface area (Å²) in [5, 5.41) is 17.8. The smallest absolute Gasteiger partial charge is 0.332 e. The van der Waals surface area contributed by atoms with E-state index in [1.54, 1.807) is 0 Å². The molecule has 0 saturated heterocycles. The van der Waals surface area contributed by atoms with Crippen molar-refractivity contribution in [2.45, 2.75) is 52.1 Å². The van der Waals surface area contributed by atoms with Crippen LogP contribution in [-0.2, 0) is 4.79 Å². The summed E-state index contributed by atoms with van der Waals surface area (Å²) in [6, 6.07) is 0. The first kappa shape index (κ1) is 11.5. The predicted molar refractivity (Wildman–Crippen MR) is 54.0 cm³/mol. The van der Waals surface area contributed by atoms with Gasteiger partial charge in [0.15, 0.2) is 6.10 Å². The summed E-state index contributed by atoms with van der Waals surface area (Å²) >= 11 is 0. The highest BCUT2D eigenvalue weighted by molar-refractivity contribution is 5.71. The minimum absolute atomic E-state index is 0.321. The van der Waals surface area contributed by atoms with Gasteiger partial charge >= 0.3 is 5.97 Å². The molecule has 3 heteroatoms. The number of aliphatic carboxylic acids is 1. The lowest BCUT2D eigenvalue weighted by Crippen LogP contribution is -2.28. The summed E-state index contributed by atoms with van der Waals surface area (Å²) in [4.78, 5) is 10.5. The minimum Gasteiger partial charge on any atom is -0.479 e. The second-order valence-corrected chi connectivity index (χ2v) is 5.22. The van der Waals surface area contributed by atoms with Crippen molar-refractivity contribution < 1.29 is 15.0 Å². The first-order valence-corrected chi connectivity index (χ1v) is 5.31. The number of rotatable bonds is 3. The Morgan fingerprint density at radius 3 is 2.71 bits per heavy atom. The summed E-state index contributed by atoms with van der Waals surface area (Å²) in [6.07, 6.45) is 3.72. The lowest BCUT2D eigenvalue weighted by Gasteiger charge is -2.35. The maximum Gasteiger partial charge on any atom is 0.332 e. The van der Waals surface area contributed by atoms with Crippen LogP contribution in [-0.4, -0.2) is 22.3 Å². The zero-order valence-corrected chi connectivity index (χ0v) is 8.99. The van der Waals surface area contributed by atoms with Crippen molar-refractivity contribution >= 4 is 5.97 Å². The van der Waals surface area contributed by atoms with Gasteiger partial charge in [-0.2, -0.15) is 0 Å². The van der Waals surface area contributed by atoms with Gasteiger partial charge in [0.2, 0.25) is 0 Å². The Morgan fingerprint density at radius 1 is 1.57 bits per heavy atom. The van der Waals surface area contributed by atoms with Crippen LogP contribution in [0.2, 0.25) is 0 Å². The molecule has 0 heterocycles. The molecule has 2 N–H and O–H groups in total. The van der Waals surface area contributed by atoms with Gasteiger partial charge in [-0.05, 0) is 30.6 Å². The van der Waals surface area contributed by atoms with Crippen LogP contribution in [0.4, 0.5) is 0 Å². The molecular weight excluding hydrogens is 180 g/mol. The van der Waals surface area contributed by atoms with Crippen LogP contribution in [0, 0.1) is 11.3 Å².